The van der Waals surface area contributed by atoms with Crippen LogP contribution in [-0.2, 0) is 28.5 Å². The predicted octanol–water partition coefficient (Wildman–Crippen LogP) is 6.51. The Balaban J connectivity index is 2.08. The molecule has 0 heterocycles. The molecule has 60 heavy (non-hydrogen) atoms. The van der Waals surface area contributed by atoms with Crippen LogP contribution in [0.15, 0.2) is 55.6 Å². The number of carboxylic acid groups (broad SMARTS) is 2. The highest BCUT2D eigenvalue weighted by Crippen LogP contribution is 2.52. The van der Waals surface area contributed by atoms with Crippen molar-refractivity contribution < 1.29 is 91.1 Å². The Bertz CT molecular complexity index is 2090. The average Bonchev–Trinajstić information content (AvgIpc) is 3.24. The Labute approximate surface area is 343 Å². The number of benzene rings is 3. The lowest BCUT2D eigenvalue weighted by Crippen LogP contribution is -2.15. The third-order valence-electron chi connectivity index (χ3n) is 8.18. The lowest BCUT2D eigenvalue weighted by atomic mass is 9.92. The molecule has 322 valence electrons. The third-order valence-corrected chi connectivity index (χ3v) is 8.18. The number of hydrogen-bond acceptors (Lipinski definition) is 17. The van der Waals surface area contributed by atoms with Gasteiger partial charge in [-0.2, -0.15) is 0 Å². The molecule has 3 aromatic carbocycles. The zero-order valence-electron chi connectivity index (χ0n) is 33.4. The van der Waals surface area contributed by atoms with Gasteiger partial charge in [-0.25, -0.2) is 28.8 Å². The number of carboxylic acids is 2. The number of methoxy groups -OCH3 is 5. The zero-order valence-corrected chi connectivity index (χ0v) is 33.4. The molecule has 0 unspecified atom stereocenters. The van der Waals surface area contributed by atoms with Crippen molar-refractivity contribution in [3.8, 4) is 62.5 Å². The van der Waals surface area contributed by atoms with Crippen molar-refractivity contribution in [3.05, 3.63) is 66.8 Å². The van der Waals surface area contributed by atoms with Crippen molar-refractivity contribution in [2.45, 2.75) is 25.7 Å². The van der Waals surface area contributed by atoms with E-state index >= 15 is 0 Å². The van der Waals surface area contributed by atoms with E-state index in [1.165, 1.54) is 53.7 Å². The minimum atomic E-state index is -1.44. The SMILES string of the molecule is C=CC(=O)OCCCCOC(=O)Oc1c(OC)cc(C(=O)O)c(-c2ccc(-c3c(C(=O)O)cc(OC)c(OC(=O)OCCCCOC(=O)C=C)c3OC)c(OC)c2)c1OC. The van der Waals surface area contributed by atoms with Crippen molar-refractivity contribution >= 4 is 36.2 Å². The van der Waals surface area contributed by atoms with Crippen LogP contribution in [0.2, 0.25) is 0 Å². The van der Waals surface area contributed by atoms with Crippen LogP contribution in [0.1, 0.15) is 46.4 Å². The molecule has 0 aliphatic carbocycles. The number of carbonyl (C=O) groups excluding carboxylic acids is 4. The summed E-state index contributed by atoms with van der Waals surface area (Å²) in [5.41, 5.74) is -0.754. The number of unbranched alkanes of at least 4 members (excludes halogenated alkanes) is 2. The Morgan fingerprint density at radius 2 is 0.917 bits per heavy atom. The van der Waals surface area contributed by atoms with Crippen LogP contribution in [-0.4, -0.2) is 108 Å². The van der Waals surface area contributed by atoms with Crippen molar-refractivity contribution in [2.75, 3.05) is 62.0 Å². The molecule has 0 aliphatic rings. The summed E-state index contributed by atoms with van der Waals surface area (Å²) in [5.74, 6) is -5.68. The van der Waals surface area contributed by atoms with E-state index in [9.17, 15) is 39.0 Å². The van der Waals surface area contributed by atoms with E-state index in [4.69, 9.17) is 52.1 Å². The summed E-state index contributed by atoms with van der Waals surface area (Å²) in [4.78, 5) is 73.4. The first-order valence-electron chi connectivity index (χ1n) is 17.8. The topological polar surface area (TPSA) is 244 Å². The maximum Gasteiger partial charge on any atom is 0.514 e. The summed E-state index contributed by atoms with van der Waals surface area (Å²) in [5, 5.41) is 20.6. The smallest absolute Gasteiger partial charge is 0.496 e. The average molecular weight is 841 g/mol. The van der Waals surface area contributed by atoms with Gasteiger partial charge in [0.15, 0.2) is 23.0 Å². The minimum Gasteiger partial charge on any atom is -0.496 e. The normalized spacial score (nSPS) is 10.3. The summed E-state index contributed by atoms with van der Waals surface area (Å²) in [6.07, 6.45) is 1.01. The predicted molar refractivity (Wildman–Crippen MR) is 209 cm³/mol. The fraction of sp³-hybridized carbons (Fsp3) is 0.317. The lowest BCUT2D eigenvalue weighted by molar-refractivity contribution is -0.138. The van der Waals surface area contributed by atoms with Crippen LogP contribution >= 0.6 is 0 Å². The molecular formula is C41H44O19. The molecular weight excluding hydrogens is 796 g/mol. The van der Waals surface area contributed by atoms with Gasteiger partial charge in [-0.3, -0.25) is 0 Å². The molecule has 0 aliphatic heterocycles. The first-order valence-corrected chi connectivity index (χ1v) is 17.8. The quantitative estimate of drug-likeness (QED) is 0.0340. The summed E-state index contributed by atoms with van der Waals surface area (Å²) in [7, 11) is 6.09. The largest absolute Gasteiger partial charge is 0.514 e. The van der Waals surface area contributed by atoms with E-state index in [0.717, 1.165) is 24.3 Å². The van der Waals surface area contributed by atoms with Gasteiger partial charge in [0.2, 0.25) is 11.5 Å². The highest BCUT2D eigenvalue weighted by molar-refractivity contribution is 6.03. The fourth-order valence-corrected chi connectivity index (χ4v) is 5.47. The van der Waals surface area contributed by atoms with E-state index < -0.39 is 36.2 Å². The fourth-order valence-electron chi connectivity index (χ4n) is 5.47. The summed E-state index contributed by atoms with van der Waals surface area (Å²) in [6, 6.07) is 6.37. The Morgan fingerprint density at radius 1 is 0.517 bits per heavy atom. The Hall–Kier alpha value is -7.44. The van der Waals surface area contributed by atoms with E-state index in [2.05, 4.69) is 13.2 Å². The molecule has 2 N–H and O–H groups in total. The molecule has 0 spiro atoms. The van der Waals surface area contributed by atoms with Gasteiger partial charge in [0.25, 0.3) is 0 Å². The van der Waals surface area contributed by atoms with Gasteiger partial charge in [-0.05, 0) is 55.5 Å². The van der Waals surface area contributed by atoms with Crippen LogP contribution in [0.25, 0.3) is 22.3 Å². The Kier molecular flexibility index (Phi) is 18.1. The van der Waals surface area contributed by atoms with Gasteiger partial charge >= 0.3 is 36.2 Å². The number of ether oxygens (including phenoxy) is 11. The molecule has 0 bridgehead atoms. The summed E-state index contributed by atoms with van der Waals surface area (Å²) < 4.78 is 58.6. The first kappa shape index (κ1) is 46.9. The van der Waals surface area contributed by atoms with Crippen molar-refractivity contribution in [2.24, 2.45) is 0 Å². The highest BCUT2D eigenvalue weighted by Gasteiger charge is 2.31. The number of esters is 2. The monoisotopic (exact) mass is 840 g/mol. The van der Waals surface area contributed by atoms with Crippen molar-refractivity contribution in [1.29, 1.82) is 0 Å². The molecule has 0 saturated heterocycles. The van der Waals surface area contributed by atoms with Crippen LogP contribution in [0, 0.1) is 0 Å². The van der Waals surface area contributed by atoms with Gasteiger partial charge in [0.1, 0.15) is 5.75 Å². The molecule has 19 nitrogen and oxygen atoms in total. The van der Waals surface area contributed by atoms with Crippen LogP contribution in [0.3, 0.4) is 0 Å². The molecule has 0 saturated carbocycles. The number of rotatable bonds is 23. The lowest BCUT2D eigenvalue weighted by Gasteiger charge is -2.21. The molecule has 0 aromatic heterocycles. The number of aromatic carboxylic acids is 2. The molecule has 0 atom stereocenters. The molecule has 0 radical (unpaired) electrons. The minimum absolute atomic E-state index is 0.0287. The second kappa shape index (κ2) is 23.1. The molecule has 3 aromatic rings. The molecule has 0 amide bonds. The van der Waals surface area contributed by atoms with Gasteiger partial charge in [0, 0.05) is 28.8 Å². The second-order valence-corrected chi connectivity index (χ2v) is 11.8. The highest BCUT2D eigenvalue weighted by atomic mass is 16.7. The van der Waals surface area contributed by atoms with E-state index in [-0.39, 0.29) is 100 Å². The van der Waals surface area contributed by atoms with Crippen molar-refractivity contribution in [1.82, 2.24) is 0 Å². The first-order chi connectivity index (χ1) is 28.8. The van der Waals surface area contributed by atoms with Crippen LogP contribution in [0.5, 0.6) is 40.2 Å². The maximum atomic E-state index is 12.8. The Morgan fingerprint density at radius 3 is 1.30 bits per heavy atom. The van der Waals surface area contributed by atoms with Gasteiger partial charge in [0.05, 0.1) is 73.1 Å². The second-order valence-electron chi connectivity index (χ2n) is 11.8. The van der Waals surface area contributed by atoms with Crippen LogP contribution in [0.4, 0.5) is 9.59 Å². The van der Waals surface area contributed by atoms with Crippen molar-refractivity contribution in [3.63, 3.8) is 0 Å². The van der Waals surface area contributed by atoms with Gasteiger partial charge in [-0.1, -0.05) is 19.2 Å². The van der Waals surface area contributed by atoms with Gasteiger partial charge < -0.3 is 62.3 Å². The van der Waals surface area contributed by atoms with E-state index in [1.54, 1.807) is 0 Å². The van der Waals surface area contributed by atoms with E-state index in [1.807, 2.05) is 0 Å². The standard InChI is InChI=1S/C41H44O19/c1-8-30(42)55-16-10-12-18-57-40(48)59-34-28(51-4)21-25(38(44)45)32(36(34)53-6)23-14-15-24(27(20-23)50-3)33-26(39(46)47)22-29(52-5)35(37(33)54-7)60-41(49)58-19-13-11-17-56-31(43)9-2/h8-9,14-15,20-22H,1-2,10-13,16-19H2,3-7H3,(H,44,45)(H,46,47). The number of hydrogen-bond donors (Lipinski definition) is 2. The third kappa shape index (κ3) is 12.0. The molecule has 0 fully saturated rings. The molecule has 3 rings (SSSR count). The van der Waals surface area contributed by atoms with Gasteiger partial charge in [-0.15, -0.1) is 0 Å². The number of carbonyl (C=O) groups is 6. The van der Waals surface area contributed by atoms with E-state index in [0.29, 0.717) is 25.7 Å². The van der Waals surface area contributed by atoms with Crippen LogP contribution < -0.4 is 33.2 Å². The summed E-state index contributed by atoms with van der Waals surface area (Å²) in [6.45, 7) is 6.51. The zero-order chi connectivity index (χ0) is 44.4. The summed E-state index contributed by atoms with van der Waals surface area (Å²) >= 11 is 0. The maximum absolute atomic E-state index is 12.8. The molecule has 19 heteroatoms.